The summed E-state index contributed by atoms with van der Waals surface area (Å²) >= 11 is 6.08. The van der Waals surface area contributed by atoms with E-state index in [-0.39, 0.29) is 18.1 Å². The molecule has 2 aromatic rings. The van der Waals surface area contributed by atoms with Crippen LogP contribution < -0.4 is 9.47 Å². The molecule has 0 amide bonds. The van der Waals surface area contributed by atoms with Crippen LogP contribution in [0.15, 0.2) is 53.9 Å². The van der Waals surface area contributed by atoms with Crippen LogP contribution in [-0.4, -0.2) is 27.7 Å². The molecule has 26 heavy (non-hydrogen) atoms. The molecule has 0 saturated carbocycles. The number of aryl methyl sites for hydroxylation is 1. The van der Waals surface area contributed by atoms with Crippen LogP contribution in [0.4, 0.5) is 0 Å². The molecule has 138 valence electrons. The molecule has 7 heteroatoms. The minimum atomic E-state index is -3.85. The van der Waals surface area contributed by atoms with Gasteiger partial charge in [0.15, 0.2) is 17.6 Å². The molecule has 2 aromatic carbocycles. The van der Waals surface area contributed by atoms with Crippen molar-refractivity contribution in [1.82, 2.24) is 0 Å². The van der Waals surface area contributed by atoms with Gasteiger partial charge in [-0.3, -0.25) is 4.18 Å². The van der Waals surface area contributed by atoms with E-state index in [4.69, 9.17) is 25.3 Å². The van der Waals surface area contributed by atoms with E-state index in [9.17, 15) is 8.42 Å². The van der Waals surface area contributed by atoms with Crippen molar-refractivity contribution in [2.75, 3.05) is 13.2 Å². The summed E-state index contributed by atoms with van der Waals surface area (Å²) in [6.07, 6.45) is 1.74. The number of benzene rings is 2. The summed E-state index contributed by atoms with van der Waals surface area (Å²) < 4.78 is 41.3. The predicted octanol–water partition coefficient (Wildman–Crippen LogP) is 3.92. The summed E-state index contributed by atoms with van der Waals surface area (Å²) in [5.74, 6) is 1.08. The molecular weight excluding hydrogens is 376 g/mol. The first-order valence-corrected chi connectivity index (χ1v) is 9.86. The van der Waals surface area contributed by atoms with Gasteiger partial charge in [-0.1, -0.05) is 35.4 Å². The lowest BCUT2D eigenvalue weighted by Gasteiger charge is -2.28. The zero-order chi connectivity index (χ0) is 18.7. The minimum Gasteiger partial charge on any atom is -0.486 e. The smallest absolute Gasteiger partial charge is 0.297 e. The molecule has 0 unspecified atom stereocenters. The van der Waals surface area contributed by atoms with E-state index in [2.05, 4.69) is 6.58 Å². The molecular formula is C19H19ClO5S. The van der Waals surface area contributed by atoms with E-state index in [1.807, 2.05) is 6.92 Å². The van der Waals surface area contributed by atoms with Crippen molar-refractivity contribution in [1.29, 1.82) is 0 Å². The van der Waals surface area contributed by atoms with Crippen LogP contribution in [0.1, 0.15) is 11.1 Å². The van der Waals surface area contributed by atoms with Crippen molar-refractivity contribution in [3.05, 3.63) is 65.2 Å². The molecule has 0 aromatic heterocycles. The van der Waals surface area contributed by atoms with Gasteiger partial charge in [0.05, 0.1) is 4.90 Å². The van der Waals surface area contributed by atoms with Crippen LogP contribution in [0.25, 0.3) is 0 Å². The molecule has 0 radical (unpaired) electrons. The number of halogens is 1. The fraction of sp³-hybridized carbons (Fsp3) is 0.263. The third-order valence-corrected chi connectivity index (χ3v) is 5.40. The Labute approximate surface area is 158 Å². The summed E-state index contributed by atoms with van der Waals surface area (Å²) in [6, 6.07) is 9.92. The second-order valence-electron chi connectivity index (χ2n) is 5.99. The molecule has 0 N–H and O–H groups in total. The van der Waals surface area contributed by atoms with E-state index in [0.717, 1.165) is 11.1 Å². The maximum atomic E-state index is 12.3. The highest BCUT2D eigenvalue weighted by atomic mass is 35.5. The average molecular weight is 395 g/mol. The van der Waals surface area contributed by atoms with Gasteiger partial charge >= 0.3 is 0 Å². The van der Waals surface area contributed by atoms with Crippen molar-refractivity contribution < 1.29 is 22.1 Å². The van der Waals surface area contributed by atoms with Crippen LogP contribution in [0.5, 0.6) is 11.5 Å². The zero-order valence-electron chi connectivity index (χ0n) is 14.3. The fourth-order valence-corrected chi connectivity index (χ4v) is 3.74. The molecule has 0 fully saturated rings. The van der Waals surface area contributed by atoms with Gasteiger partial charge in [-0.25, -0.2) is 0 Å². The van der Waals surface area contributed by atoms with Crippen molar-refractivity contribution in [2.45, 2.75) is 24.3 Å². The molecule has 0 bridgehead atoms. The second kappa shape index (κ2) is 7.70. The number of fused-ring (bicyclic) bond motifs is 1. The van der Waals surface area contributed by atoms with Crippen molar-refractivity contribution in [3.63, 3.8) is 0 Å². The van der Waals surface area contributed by atoms with Gasteiger partial charge in [0, 0.05) is 16.7 Å². The SMILES string of the molecule is C=CCc1cc(Cl)cc2c1O[C@@H](COS(=O)(=O)c1ccc(C)cc1)CO2. The summed E-state index contributed by atoms with van der Waals surface area (Å²) in [5.41, 5.74) is 1.80. The van der Waals surface area contributed by atoms with Gasteiger partial charge < -0.3 is 9.47 Å². The van der Waals surface area contributed by atoms with Crippen LogP contribution in [-0.2, 0) is 20.7 Å². The minimum absolute atomic E-state index is 0.111. The van der Waals surface area contributed by atoms with Gasteiger partial charge in [-0.05, 0) is 31.5 Å². The maximum absolute atomic E-state index is 12.3. The number of ether oxygens (including phenoxy) is 2. The highest BCUT2D eigenvalue weighted by Crippen LogP contribution is 2.38. The van der Waals surface area contributed by atoms with Gasteiger partial charge in [0.2, 0.25) is 0 Å². The largest absolute Gasteiger partial charge is 0.486 e. The molecule has 1 atom stereocenters. The zero-order valence-corrected chi connectivity index (χ0v) is 15.8. The van der Waals surface area contributed by atoms with Gasteiger partial charge in [0.1, 0.15) is 13.2 Å². The lowest BCUT2D eigenvalue weighted by atomic mass is 10.1. The number of hydrogen-bond acceptors (Lipinski definition) is 5. The average Bonchev–Trinajstić information content (AvgIpc) is 2.61. The summed E-state index contributed by atoms with van der Waals surface area (Å²) in [4.78, 5) is 0.111. The Morgan fingerprint density at radius 2 is 2.04 bits per heavy atom. The molecule has 3 rings (SSSR count). The molecule has 0 saturated heterocycles. The standard InChI is InChI=1S/C19H19ClO5S/c1-3-4-14-9-15(20)10-18-19(14)25-16(11-23-18)12-24-26(21,22)17-7-5-13(2)6-8-17/h3,5-10,16H,1,4,11-12H2,2H3/t16-/m1/s1. The quantitative estimate of drug-likeness (QED) is 0.549. The Hall–Kier alpha value is -2.02. The third kappa shape index (κ3) is 4.20. The maximum Gasteiger partial charge on any atom is 0.297 e. The monoisotopic (exact) mass is 394 g/mol. The molecule has 1 aliphatic rings. The summed E-state index contributed by atoms with van der Waals surface area (Å²) in [5, 5.41) is 0.542. The molecule has 1 heterocycles. The van der Waals surface area contributed by atoms with Crippen LogP contribution in [0, 0.1) is 6.92 Å². The van der Waals surface area contributed by atoms with E-state index in [0.29, 0.717) is 22.9 Å². The Morgan fingerprint density at radius 3 is 2.73 bits per heavy atom. The lowest BCUT2D eigenvalue weighted by molar-refractivity contribution is 0.0546. The Balaban J connectivity index is 1.71. The first-order chi connectivity index (χ1) is 12.4. The Kier molecular flexibility index (Phi) is 5.55. The first-order valence-electron chi connectivity index (χ1n) is 8.08. The molecule has 1 aliphatic heterocycles. The third-order valence-electron chi connectivity index (χ3n) is 3.89. The highest BCUT2D eigenvalue weighted by molar-refractivity contribution is 7.86. The molecule has 5 nitrogen and oxygen atoms in total. The van der Waals surface area contributed by atoms with E-state index >= 15 is 0 Å². The highest BCUT2D eigenvalue weighted by Gasteiger charge is 2.26. The van der Waals surface area contributed by atoms with Gasteiger partial charge in [0.25, 0.3) is 10.1 Å². The summed E-state index contributed by atoms with van der Waals surface area (Å²) in [6.45, 7) is 5.63. The van der Waals surface area contributed by atoms with E-state index in [1.165, 1.54) is 12.1 Å². The van der Waals surface area contributed by atoms with Gasteiger partial charge in [-0.2, -0.15) is 8.42 Å². The van der Waals surface area contributed by atoms with Gasteiger partial charge in [-0.15, -0.1) is 6.58 Å². The normalized spacial score (nSPS) is 16.3. The molecule has 0 spiro atoms. The Morgan fingerprint density at radius 1 is 1.31 bits per heavy atom. The fourth-order valence-electron chi connectivity index (χ4n) is 2.57. The topological polar surface area (TPSA) is 61.8 Å². The van der Waals surface area contributed by atoms with E-state index in [1.54, 1.807) is 30.3 Å². The summed E-state index contributed by atoms with van der Waals surface area (Å²) in [7, 11) is -3.85. The number of allylic oxidation sites excluding steroid dienone is 1. The van der Waals surface area contributed by atoms with Crippen molar-refractivity contribution >= 4 is 21.7 Å². The molecule has 0 aliphatic carbocycles. The van der Waals surface area contributed by atoms with Crippen molar-refractivity contribution in [3.8, 4) is 11.5 Å². The Bertz CT molecular complexity index is 906. The van der Waals surface area contributed by atoms with E-state index < -0.39 is 16.2 Å². The number of rotatable bonds is 6. The number of hydrogen-bond donors (Lipinski definition) is 0. The van der Waals surface area contributed by atoms with Crippen LogP contribution in [0.3, 0.4) is 0 Å². The second-order valence-corrected chi connectivity index (χ2v) is 8.04. The van der Waals surface area contributed by atoms with Crippen LogP contribution >= 0.6 is 11.6 Å². The first kappa shape index (κ1) is 18.8. The van der Waals surface area contributed by atoms with Crippen LogP contribution in [0.2, 0.25) is 5.02 Å². The van der Waals surface area contributed by atoms with Crippen molar-refractivity contribution in [2.24, 2.45) is 0 Å². The predicted molar refractivity (Wildman–Crippen MR) is 99.6 cm³/mol. The lowest BCUT2D eigenvalue weighted by Crippen LogP contribution is -2.34.